The summed E-state index contributed by atoms with van der Waals surface area (Å²) < 4.78 is 26.5. The summed E-state index contributed by atoms with van der Waals surface area (Å²) in [7, 11) is 3.40. The van der Waals surface area contributed by atoms with Gasteiger partial charge in [-0.2, -0.15) is 0 Å². The van der Waals surface area contributed by atoms with E-state index in [1.54, 1.807) is 14.2 Å². The predicted molar refractivity (Wildman–Crippen MR) is 88.8 cm³/mol. The van der Waals surface area contributed by atoms with Crippen LogP contribution in [0.15, 0.2) is 0 Å². The van der Waals surface area contributed by atoms with Crippen LogP contribution in [0.1, 0.15) is 13.3 Å². The predicted octanol–water partition coefficient (Wildman–Crippen LogP) is 0.339. The fourth-order valence-electron chi connectivity index (χ4n) is 2.52. The quantitative estimate of drug-likeness (QED) is 0.363. The minimum absolute atomic E-state index is 0.293. The van der Waals surface area contributed by atoms with E-state index in [2.05, 4.69) is 17.1 Å². The number of methoxy groups -OCH3 is 2. The Morgan fingerprint density at radius 2 is 1.91 bits per heavy atom. The van der Waals surface area contributed by atoms with Gasteiger partial charge < -0.3 is 29.0 Å². The van der Waals surface area contributed by atoms with Gasteiger partial charge in [0.25, 0.3) is 0 Å². The van der Waals surface area contributed by atoms with Crippen LogP contribution in [0.4, 0.5) is 0 Å². The molecule has 2 unspecified atom stereocenters. The van der Waals surface area contributed by atoms with Crippen molar-refractivity contribution in [3.8, 4) is 0 Å². The van der Waals surface area contributed by atoms with E-state index in [0.29, 0.717) is 38.8 Å². The number of hydrogen-bond acceptors (Lipinski definition) is 7. The van der Waals surface area contributed by atoms with Crippen molar-refractivity contribution in [2.24, 2.45) is 0 Å². The van der Waals surface area contributed by atoms with Gasteiger partial charge in [-0.3, -0.25) is 4.90 Å². The molecule has 7 nitrogen and oxygen atoms in total. The molecule has 0 aliphatic carbocycles. The molecule has 23 heavy (non-hydrogen) atoms. The van der Waals surface area contributed by atoms with Gasteiger partial charge in [-0.25, -0.2) is 0 Å². The van der Waals surface area contributed by atoms with Gasteiger partial charge in [-0.15, -0.1) is 0 Å². The Morgan fingerprint density at radius 1 is 1.13 bits per heavy atom. The molecule has 0 saturated carbocycles. The lowest BCUT2D eigenvalue weighted by atomic mass is 10.1. The van der Waals surface area contributed by atoms with Gasteiger partial charge in [0, 0.05) is 46.4 Å². The molecule has 1 heterocycles. The number of nitrogens with one attached hydrogen (secondary N) is 1. The molecule has 0 aromatic heterocycles. The normalized spacial score (nSPS) is 20.7. The molecule has 1 saturated heterocycles. The van der Waals surface area contributed by atoms with E-state index in [-0.39, 0.29) is 0 Å². The molecule has 0 spiro atoms. The van der Waals surface area contributed by atoms with Gasteiger partial charge in [-0.05, 0) is 13.3 Å². The largest absolute Gasteiger partial charge is 0.383 e. The standard InChI is InChI=1S/C16H34N2O5/c1-15(17-4-7-21-14-22-11-10-20-3)12-16-13-18(5-8-19-2)6-9-23-16/h15-17H,4-14H2,1-3H3. The zero-order valence-electron chi connectivity index (χ0n) is 14.9. The lowest BCUT2D eigenvalue weighted by Gasteiger charge is -2.34. The van der Waals surface area contributed by atoms with Crippen LogP contribution in [0.5, 0.6) is 0 Å². The van der Waals surface area contributed by atoms with Crippen molar-refractivity contribution in [2.45, 2.75) is 25.5 Å². The highest BCUT2D eigenvalue weighted by molar-refractivity contribution is 4.75. The van der Waals surface area contributed by atoms with E-state index >= 15 is 0 Å². The van der Waals surface area contributed by atoms with E-state index in [9.17, 15) is 0 Å². The van der Waals surface area contributed by atoms with Gasteiger partial charge in [0.1, 0.15) is 6.79 Å². The Labute approximate surface area is 140 Å². The highest BCUT2D eigenvalue weighted by Crippen LogP contribution is 2.10. The topological polar surface area (TPSA) is 61.4 Å². The second-order valence-corrected chi connectivity index (χ2v) is 5.80. The van der Waals surface area contributed by atoms with Gasteiger partial charge in [-0.1, -0.05) is 0 Å². The van der Waals surface area contributed by atoms with Crippen LogP contribution in [-0.4, -0.2) is 97.3 Å². The van der Waals surface area contributed by atoms with E-state index in [0.717, 1.165) is 45.8 Å². The maximum atomic E-state index is 5.86. The van der Waals surface area contributed by atoms with Crippen molar-refractivity contribution in [1.82, 2.24) is 10.2 Å². The van der Waals surface area contributed by atoms with Crippen molar-refractivity contribution in [1.29, 1.82) is 0 Å². The molecule has 0 amide bonds. The molecule has 0 radical (unpaired) electrons. The van der Waals surface area contributed by atoms with Gasteiger partial charge in [0.2, 0.25) is 0 Å². The Bertz CT molecular complexity index is 271. The Morgan fingerprint density at radius 3 is 2.70 bits per heavy atom. The molecule has 7 heteroatoms. The first kappa shape index (κ1) is 20.8. The van der Waals surface area contributed by atoms with E-state index in [1.807, 2.05) is 0 Å². The lowest BCUT2D eigenvalue weighted by Crippen LogP contribution is -2.46. The Kier molecular flexibility index (Phi) is 12.7. The monoisotopic (exact) mass is 334 g/mol. The van der Waals surface area contributed by atoms with Crippen LogP contribution < -0.4 is 5.32 Å². The maximum absolute atomic E-state index is 5.86. The van der Waals surface area contributed by atoms with Crippen molar-refractivity contribution in [2.75, 3.05) is 80.2 Å². The maximum Gasteiger partial charge on any atom is 0.146 e. The van der Waals surface area contributed by atoms with Gasteiger partial charge >= 0.3 is 0 Å². The molecule has 1 fully saturated rings. The summed E-state index contributed by atoms with van der Waals surface area (Å²) in [4.78, 5) is 2.41. The minimum atomic E-state index is 0.293. The Hall–Kier alpha value is -0.280. The van der Waals surface area contributed by atoms with Crippen LogP contribution >= 0.6 is 0 Å². The second kappa shape index (κ2) is 14.1. The SMILES string of the molecule is COCCOCOCCNC(C)CC1CN(CCOC)CCO1. The average molecular weight is 334 g/mol. The second-order valence-electron chi connectivity index (χ2n) is 5.80. The fourth-order valence-corrected chi connectivity index (χ4v) is 2.52. The molecular weight excluding hydrogens is 300 g/mol. The smallest absolute Gasteiger partial charge is 0.146 e. The van der Waals surface area contributed by atoms with Crippen molar-refractivity contribution in [3.63, 3.8) is 0 Å². The van der Waals surface area contributed by atoms with Crippen molar-refractivity contribution >= 4 is 0 Å². The number of ether oxygens (including phenoxy) is 5. The summed E-state index contributed by atoms with van der Waals surface area (Å²) in [6.45, 7) is 9.68. The van der Waals surface area contributed by atoms with Crippen LogP contribution in [0.2, 0.25) is 0 Å². The number of morpholine rings is 1. The summed E-state index contributed by atoms with van der Waals surface area (Å²) in [5, 5.41) is 3.46. The van der Waals surface area contributed by atoms with Gasteiger partial charge in [0.15, 0.2) is 0 Å². The molecule has 138 valence electrons. The lowest BCUT2D eigenvalue weighted by molar-refractivity contribution is -0.0655. The molecule has 1 N–H and O–H groups in total. The highest BCUT2D eigenvalue weighted by Gasteiger charge is 2.21. The molecule has 1 aliphatic heterocycles. The van der Waals surface area contributed by atoms with Crippen LogP contribution in [0.3, 0.4) is 0 Å². The summed E-state index contributed by atoms with van der Waals surface area (Å²) in [6, 6.07) is 0.403. The van der Waals surface area contributed by atoms with E-state index in [1.165, 1.54) is 0 Å². The fraction of sp³-hybridized carbons (Fsp3) is 1.00. The first-order valence-electron chi connectivity index (χ1n) is 8.47. The third kappa shape index (κ3) is 11.0. The molecule has 0 bridgehead atoms. The Balaban J connectivity index is 1.99. The first-order valence-corrected chi connectivity index (χ1v) is 8.47. The van der Waals surface area contributed by atoms with Crippen LogP contribution in [0, 0.1) is 0 Å². The van der Waals surface area contributed by atoms with Crippen molar-refractivity contribution in [3.05, 3.63) is 0 Å². The van der Waals surface area contributed by atoms with Crippen LogP contribution in [0.25, 0.3) is 0 Å². The number of nitrogens with zero attached hydrogens (tertiary/aromatic N) is 1. The zero-order valence-corrected chi connectivity index (χ0v) is 14.9. The molecule has 2 atom stereocenters. The summed E-state index contributed by atoms with van der Waals surface area (Å²) in [5.74, 6) is 0. The van der Waals surface area contributed by atoms with Crippen molar-refractivity contribution < 1.29 is 23.7 Å². The summed E-state index contributed by atoms with van der Waals surface area (Å²) in [5.41, 5.74) is 0. The zero-order chi connectivity index (χ0) is 16.8. The molecule has 1 aliphatic rings. The number of hydrogen-bond donors (Lipinski definition) is 1. The molecular formula is C16H34N2O5. The van der Waals surface area contributed by atoms with Gasteiger partial charge in [0.05, 0.1) is 39.1 Å². The van der Waals surface area contributed by atoms with E-state index < -0.39 is 0 Å². The highest BCUT2D eigenvalue weighted by atomic mass is 16.7. The third-order valence-corrected chi connectivity index (χ3v) is 3.79. The van der Waals surface area contributed by atoms with Crippen LogP contribution in [-0.2, 0) is 23.7 Å². The van der Waals surface area contributed by atoms with E-state index in [4.69, 9.17) is 23.7 Å². The third-order valence-electron chi connectivity index (χ3n) is 3.79. The molecule has 1 rings (SSSR count). The minimum Gasteiger partial charge on any atom is -0.383 e. The number of rotatable bonds is 14. The summed E-state index contributed by atoms with van der Waals surface area (Å²) >= 11 is 0. The average Bonchev–Trinajstić information content (AvgIpc) is 2.55. The molecule has 0 aromatic rings. The first-order chi connectivity index (χ1) is 11.3. The summed E-state index contributed by atoms with van der Waals surface area (Å²) in [6.07, 6.45) is 1.30. The molecule has 0 aromatic carbocycles.